The van der Waals surface area contributed by atoms with Crippen LogP contribution in [-0.4, -0.2) is 0 Å². The van der Waals surface area contributed by atoms with E-state index in [-0.39, 0.29) is 0 Å². The molecule has 1 aromatic rings. The van der Waals surface area contributed by atoms with E-state index < -0.39 is 0 Å². The normalized spacial score (nSPS) is 16.5. The van der Waals surface area contributed by atoms with Gasteiger partial charge in [0.1, 0.15) is 0 Å². The van der Waals surface area contributed by atoms with E-state index in [4.69, 9.17) is 0 Å². The Kier molecular flexibility index (Phi) is 18.5. The van der Waals surface area contributed by atoms with E-state index in [2.05, 4.69) is 36.8 Å². The van der Waals surface area contributed by atoms with Crippen LogP contribution >= 0.6 is 23.1 Å². The van der Waals surface area contributed by atoms with Crippen molar-refractivity contribution >= 4 is 23.1 Å². The lowest BCUT2D eigenvalue weighted by atomic mass is 9.88. The summed E-state index contributed by atoms with van der Waals surface area (Å²) in [5, 5.41) is 5.38. The SMILES string of the molecule is CCCCCCCCCCCCC(CCCCCCCCCC)Cc1ccsc1C1CC=CS1. The molecule has 0 aliphatic carbocycles. The van der Waals surface area contributed by atoms with Crippen LogP contribution in [-0.2, 0) is 6.42 Å². The fraction of sp³-hybridized carbons (Fsp3) is 0.812. The van der Waals surface area contributed by atoms with Gasteiger partial charge in [-0.15, -0.1) is 23.1 Å². The highest BCUT2D eigenvalue weighted by atomic mass is 32.2. The third-order valence-electron chi connectivity index (χ3n) is 7.70. The third-order valence-corrected chi connectivity index (χ3v) is 10.0. The molecule has 0 spiro atoms. The van der Waals surface area contributed by atoms with Crippen LogP contribution in [0.2, 0.25) is 0 Å². The van der Waals surface area contributed by atoms with Crippen molar-refractivity contribution in [3.8, 4) is 0 Å². The Morgan fingerprint density at radius 1 is 0.706 bits per heavy atom. The van der Waals surface area contributed by atoms with Crippen molar-refractivity contribution in [1.82, 2.24) is 0 Å². The highest BCUT2D eigenvalue weighted by Gasteiger charge is 2.20. The first-order chi connectivity index (χ1) is 16.8. The quantitative estimate of drug-likeness (QED) is 0.133. The summed E-state index contributed by atoms with van der Waals surface area (Å²) in [6, 6.07) is 2.46. The maximum Gasteiger partial charge on any atom is 0.0469 e. The van der Waals surface area contributed by atoms with Crippen LogP contribution in [0.25, 0.3) is 0 Å². The molecule has 2 heterocycles. The Hall–Kier alpha value is -0.210. The largest absolute Gasteiger partial charge is 0.147 e. The molecule has 2 atom stereocenters. The molecule has 0 saturated heterocycles. The molecule has 2 heteroatoms. The van der Waals surface area contributed by atoms with Crippen LogP contribution in [0.4, 0.5) is 0 Å². The standard InChI is InChI=1S/C32H56S2/c1-3-5-7-9-11-13-14-16-18-20-23-29(22-19-17-15-12-10-8-6-4-2)28-30-25-27-34-32(30)31-24-21-26-33-31/h21,25-27,29,31H,3-20,22-24,28H2,1-2H3. The van der Waals surface area contributed by atoms with Gasteiger partial charge in [-0.25, -0.2) is 0 Å². The van der Waals surface area contributed by atoms with Crippen LogP contribution in [0.1, 0.15) is 164 Å². The first-order valence-electron chi connectivity index (χ1n) is 15.2. The zero-order valence-electron chi connectivity index (χ0n) is 22.8. The highest BCUT2D eigenvalue weighted by Crippen LogP contribution is 2.43. The number of hydrogen-bond acceptors (Lipinski definition) is 2. The van der Waals surface area contributed by atoms with Crippen molar-refractivity contribution in [1.29, 1.82) is 0 Å². The number of unbranched alkanes of at least 4 members (excludes halogenated alkanes) is 16. The van der Waals surface area contributed by atoms with Crippen LogP contribution in [0.5, 0.6) is 0 Å². The van der Waals surface area contributed by atoms with Crippen LogP contribution in [0, 0.1) is 5.92 Å². The van der Waals surface area contributed by atoms with Gasteiger partial charge in [-0.1, -0.05) is 148 Å². The van der Waals surface area contributed by atoms with Crippen LogP contribution in [0.3, 0.4) is 0 Å². The molecule has 1 aliphatic rings. The molecule has 0 fully saturated rings. The average Bonchev–Trinajstić information content (AvgIpc) is 3.53. The van der Waals surface area contributed by atoms with Gasteiger partial charge in [0.2, 0.25) is 0 Å². The van der Waals surface area contributed by atoms with Gasteiger partial charge in [-0.3, -0.25) is 0 Å². The highest BCUT2D eigenvalue weighted by molar-refractivity contribution is 8.02. The zero-order chi connectivity index (χ0) is 24.1. The number of thioether (sulfide) groups is 1. The van der Waals surface area contributed by atoms with E-state index in [1.807, 2.05) is 23.1 Å². The fourth-order valence-electron chi connectivity index (χ4n) is 5.50. The minimum atomic E-state index is 0.705. The summed E-state index contributed by atoms with van der Waals surface area (Å²) < 4.78 is 0. The number of rotatable bonds is 23. The minimum absolute atomic E-state index is 0.705. The zero-order valence-corrected chi connectivity index (χ0v) is 24.5. The molecule has 0 bridgehead atoms. The molecule has 0 N–H and O–H groups in total. The number of allylic oxidation sites excluding steroid dienone is 1. The lowest BCUT2D eigenvalue weighted by Gasteiger charge is -2.19. The Labute approximate surface area is 222 Å². The Morgan fingerprint density at radius 3 is 1.68 bits per heavy atom. The summed E-state index contributed by atoms with van der Waals surface area (Å²) in [5.41, 5.74) is 1.68. The molecule has 34 heavy (non-hydrogen) atoms. The van der Waals surface area contributed by atoms with Crippen LogP contribution < -0.4 is 0 Å². The molecule has 0 saturated carbocycles. The number of thiophene rings is 1. The van der Waals surface area contributed by atoms with E-state index in [0.717, 1.165) is 5.92 Å². The van der Waals surface area contributed by atoms with Gasteiger partial charge < -0.3 is 0 Å². The maximum atomic E-state index is 2.46. The minimum Gasteiger partial charge on any atom is -0.147 e. The van der Waals surface area contributed by atoms with Gasteiger partial charge in [-0.2, -0.15) is 0 Å². The molecular formula is C32H56S2. The number of hydrogen-bond donors (Lipinski definition) is 0. The van der Waals surface area contributed by atoms with Gasteiger partial charge in [-0.05, 0) is 41.2 Å². The molecule has 0 radical (unpaired) electrons. The van der Waals surface area contributed by atoms with Crippen molar-refractivity contribution < 1.29 is 0 Å². The van der Waals surface area contributed by atoms with E-state index in [1.165, 1.54) is 141 Å². The third kappa shape index (κ3) is 13.8. The summed E-state index contributed by atoms with van der Waals surface area (Å²) in [6.07, 6.45) is 33.9. The molecule has 2 unspecified atom stereocenters. The van der Waals surface area contributed by atoms with E-state index in [0.29, 0.717) is 5.25 Å². The Bertz CT molecular complexity index is 594. The predicted octanol–water partition coefficient (Wildman–Crippen LogP) is 12.4. The Morgan fingerprint density at radius 2 is 1.21 bits per heavy atom. The topological polar surface area (TPSA) is 0 Å². The predicted molar refractivity (Wildman–Crippen MR) is 159 cm³/mol. The second-order valence-electron chi connectivity index (χ2n) is 10.8. The van der Waals surface area contributed by atoms with Crippen LogP contribution in [0.15, 0.2) is 22.9 Å². The summed E-state index contributed by atoms with van der Waals surface area (Å²) >= 11 is 4.05. The smallest absolute Gasteiger partial charge is 0.0469 e. The van der Waals surface area contributed by atoms with E-state index in [9.17, 15) is 0 Å². The molecule has 196 valence electrons. The van der Waals surface area contributed by atoms with Gasteiger partial charge in [0, 0.05) is 10.1 Å². The molecule has 1 aromatic heterocycles. The first-order valence-corrected chi connectivity index (χ1v) is 17.0. The van der Waals surface area contributed by atoms with Gasteiger partial charge in [0.25, 0.3) is 0 Å². The van der Waals surface area contributed by atoms with E-state index in [1.54, 1.807) is 10.4 Å². The van der Waals surface area contributed by atoms with Crippen molar-refractivity contribution in [3.63, 3.8) is 0 Å². The van der Waals surface area contributed by atoms with Crippen molar-refractivity contribution in [2.45, 2.75) is 160 Å². The Balaban J connectivity index is 1.67. The summed E-state index contributed by atoms with van der Waals surface area (Å²) in [5.74, 6) is 0.904. The van der Waals surface area contributed by atoms with Gasteiger partial charge in [0.05, 0.1) is 0 Å². The molecule has 1 aliphatic heterocycles. The first kappa shape index (κ1) is 30.0. The van der Waals surface area contributed by atoms with Crippen molar-refractivity contribution in [2.75, 3.05) is 0 Å². The lowest BCUT2D eigenvalue weighted by Crippen LogP contribution is -2.07. The second kappa shape index (κ2) is 20.9. The van der Waals surface area contributed by atoms with Gasteiger partial charge >= 0.3 is 0 Å². The van der Waals surface area contributed by atoms with Gasteiger partial charge in [0.15, 0.2) is 0 Å². The molecule has 0 amide bonds. The fourth-order valence-corrected chi connectivity index (χ4v) is 7.67. The molecular weight excluding hydrogens is 448 g/mol. The van der Waals surface area contributed by atoms with E-state index >= 15 is 0 Å². The summed E-state index contributed by atoms with van der Waals surface area (Å²) in [4.78, 5) is 1.68. The average molecular weight is 505 g/mol. The van der Waals surface area contributed by atoms with Crippen molar-refractivity contribution in [3.05, 3.63) is 33.4 Å². The molecule has 0 nitrogen and oxygen atoms in total. The molecule has 0 aromatic carbocycles. The second-order valence-corrected chi connectivity index (χ2v) is 12.9. The summed E-state index contributed by atoms with van der Waals surface area (Å²) in [7, 11) is 0. The molecule has 2 rings (SSSR count). The monoisotopic (exact) mass is 504 g/mol. The van der Waals surface area contributed by atoms with Crippen molar-refractivity contribution in [2.24, 2.45) is 5.92 Å². The summed E-state index contributed by atoms with van der Waals surface area (Å²) in [6.45, 7) is 4.63. The maximum absolute atomic E-state index is 2.46. The lowest BCUT2D eigenvalue weighted by molar-refractivity contribution is 0.399.